The van der Waals surface area contributed by atoms with Crippen LogP contribution in [-0.4, -0.2) is 22.0 Å². The third-order valence-electron chi connectivity index (χ3n) is 3.01. The fourth-order valence-corrected chi connectivity index (χ4v) is 2.23. The van der Waals surface area contributed by atoms with Gasteiger partial charge in [0, 0.05) is 36.9 Å². The third-order valence-corrected chi connectivity index (χ3v) is 3.01. The number of aromatic nitrogens is 1. The molecule has 0 radical (unpaired) electrons. The Hall–Kier alpha value is -0.760. The summed E-state index contributed by atoms with van der Waals surface area (Å²) in [4.78, 5) is 5.87. The van der Waals surface area contributed by atoms with Crippen molar-refractivity contribution in [3.63, 3.8) is 0 Å². The van der Waals surface area contributed by atoms with E-state index in [0.717, 1.165) is 6.54 Å². The predicted molar refractivity (Wildman–Crippen MR) is 54.6 cm³/mol. The average molecular weight is 178 g/mol. The molecule has 0 unspecified atom stereocenters. The van der Waals surface area contributed by atoms with Crippen LogP contribution in [-0.2, 0) is 13.0 Å². The van der Waals surface area contributed by atoms with E-state index in [1.54, 1.807) is 0 Å². The van der Waals surface area contributed by atoms with Gasteiger partial charge in [0.2, 0.25) is 0 Å². The van der Waals surface area contributed by atoms with E-state index in [1.165, 1.54) is 17.7 Å². The minimum absolute atomic E-state index is 0.651. The Bertz CT molecular complexity index is 288. The molecule has 0 fully saturated rings. The summed E-state index contributed by atoms with van der Waals surface area (Å²) in [5, 5.41) is 0. The molecular formula is C11H18N2. The van der Waals surface area contributed by atoms with Gasteiger partial charge in [-0.05, 0) is 32.4 Å². The van der Waals surface area contributed by atoms with Crippen LogP contribution in [0.15, 0.2) is 12.3 Å². The van der Waals surface area contributed by atoms with E-state index >= 15 is 0 Å². The van der Waals surface area contributed by atoms with Gasteiger partial charge in [0.1, 0.15) is 0 Å². The Morgan fingerprint density at radius 1 is 1.54 bits per heavy atom. The summed E-state index contributed by atoms with van der Waals surface area (Å²) in [5.41, 5.74) is 2.91. The first-order valence-electron chi connectivity index (χ1n) is 5.09. The van der Waals surface area contributed by atoms with E-state index in [0.29, 0.717) is 12.1 Å². The van der Waals surface area contributed by atoms with Gasteiger partial charge >= 0.3 is 0 Å². The molecule has 1 aromatic rings. The van der Waals surface area contributed by atoms with Gasteiger partial charge in [-0.2, -0.15) is 0 Å². The third kappa shape index (κ3) is 1.51. The summed E-state index contributed by atoms with van der Waals surface area (Å²) < 4.78 is 0. The van der Waals surface area contributed by atoms with Crippen LogP contribution in [0.5, 0.6) is 0 Å². The highest BCUT2D eigenvalue weighted by molar-refractivity contribution is 5.24. The standard InChI is InChI=1S/C11H18N2/c1-8(2)13-7-10-4-5-12-11(10)6-9(13)3/h4-5,8-9,12H,6-7H2,1-3H3/t9-/m0/s1. The van der Waals surface area contributed by atoms with Gasteiger partial charge < -0.3 is 4.98 Å². The van der Waals surface area contributed by atoms with Crippen LogP contribution in [0.2, 0.25) is 0 Å². The van der Waals surface area contributed by atoms with Crippen LogP contribution in [0.1, 0.15) is 32.0 Å². The smallest absolute Gasteiger partial charge is 0.0257 e. The van der Waals surface area contributed by atoms with Crippen molar-refractivity contribution < 1.29 is 0 Å². The first-order chi connectivity index (χ1) is 6.18. The van der Waals surface area contributed by atoms with Gasteiger partial charge in [-0.25, -0.2) is 0 Å². The number of rotatable bonds is 1. The molecule has 13 heavy (non-hydrogen) atoms. The molecule has 2 nitrogen and oxygen atoms in total. The lowest BCUT2D eigenvalue weighted by Gasteiger charge is -2.36. The number of hydrogen-bond donors (Lipinski definition) is 1. The largest absolute Gasteiger partial charge is 0.365 e. The molecule has 0 bridgehead atoms. The molecule has 0 saturated heterocycles. The summed E-state index contributed by atoms with van der Waals surface area (Å²) in [6.45, 7) is 7.96. The van der Waals surface area contributed by atoms with Gasteiger partial charge in [-0.3, -0.25) is 4.90 Å². The number of nitrogens with zero attached hydrogens (tertiary/aromatic N) is 1. The van der Waals surface area contributed by atoms with Gasteiger partial charge in [-0.15, -0.1) is 0 Å². The van der Waals surface area contributed by atoms with Crippen molar-refractivity contribution >= 4 is 0 Å². The van der Waals surface area contributed by atoms with Crippen molar-refractivity contribution in [2.75, 3.05) is 0 Å². The Morgan fingerprint density at radius 3 is 3.00 bits per heavy atom. The summed E-state index contributed by atoms with van der Waals surface area (Å²) in [5.74, 6) is 0. The maximum absolute atomic E-state index is 3.32. The molecule has 1 N–H and O–H groups in total. The lowest BCUT2D eigenvalue weighted by Crippen LogP contribution is -2.42. The summed E-state index contributed by atoms with van der Waals surface area (Å²) in [6, 6.07) is 3.53. The van der Waals surface area contributed by atoms with E-state index in [-0.39, 0.29) is 0 Å². The number of hydrogen-bond acceptors (Lipinski definition) is 1. The van der Waals surface area contributed by atoms with Gasteiger partial charge in [0.25, 0.3) is 0 Å². The summed E-state index contributed by atoms with van der Waals surface area (Å²) in [6.07, 6.45) is 3.22. The summed E-state index contributed by atoms with van der Waals surface area (Å²) >= 11 is 0. The van der Waals surface area contributed by atoms with Crippen molar-refractivity contribution in [1.82, 2.24) is 9.88 Å². The van der Waals surface area contributed by atoms with Crippen molar-refractivity contribution in [3.8, 4) is 0 Å². The number of H-pyrrole nitrogens is 1. The van der Waals surface area contributed by atoms with E-state index < -0.39 is 0 Å². The van der Waals surface area contributed by atoms with Gasteiger partial charge in [-0.1, -0.05) is 0 Å². The summed E-state index contributed by atoms with van der Waals surface area (Å²) in [7, 11) is 0. The molecule has 2 rings (SSSR count). The number of aromatic amines is 1. The molecule has 2 heteroatoms. The second-order valence-corrected chi connectivity index (χ2v) is 4.30. The van der Waals surface area contributed by atoms with Crippen molar-refractivity contribution in [2.24, 2.45) is 0 Å². The molecule has 0 aromatic carbocycles. The molecule has 72 valence electrons. The zero-order valence-corrected chi connectivity index (χ0v) is 8.67. The van der Waals surface area contributed by atoms with Gasteiger partial charge in [0.05, 0.1) is 0 Å². The van der Waals surface area contributed by atoms with Crippen molar-refractivity contribution in [2.45, 2.75) is 45.8 Å². The molecule has 1 atom stereocenters. The Labute approximate surface area is 79.9 Å². The van der Waals surface area contributed by atoms with Crippen LogP contribution in [0.3, 0.4) is 0 Å². The molecule has 0 aliphatic carbocycles. The fourth-order valence-electron chi connectivity index (χ4n) is 2.23. The zero-order valence-electron chi connectivity index (χ0n) is 8.67. The van der Waals surface area contributed by atoms with Crippen LogP contribution < -0.4 is 0 Å². The highest BCUT2D eigenvalue weighted by Crippen LogP contribution is 2.23. The first kappa shape index (κ1) is 8.82. The zero-order chi connectivity index (χ0) is 9.42. The van der Waals surface area contributed by atoms with Crippen molar-refractivity contribution in [3.05, 3.63) is 23.5 Å². The number of fused-ring (bicyclic) bond motifs is 1. The highest BCUT2D eigenvalue weighted by atomic mass is 15.2. The van der Waals surface area contributed by atoms with Crippen LogP contribution in [0.4, 0.5) is 0 Å². The van der Waals surface area contributed by atoms with Crippen LogP contribution in [0, 0.1) is 0 Å². The molecule has 2 heterocycles. The molecule has 1 aliphatic rings. The molecule has 0 saturated carbocycles. The number of nitrogens with one attached hydrogen (secondary N) is 1. The lowest BCUT2D eigenvalue weighted by atomic mass is 10.0. The maximum Gasteiger partial charge on any atom is 0.0257 e. The van der Waals surface area contributed by atoms with E-state index in [4.69, 9.17) is 0 Å². The maximum atomic E-state index is 3.32. The fraction of sp³-hybridized carbons (Fsp3) is 0.636. The average Bonchev–Trinajstić information content (AvgIpc) is 2.48. The first-order valence-corrected chi connectivity index (χ1v) is 5.09. The monoisotopic (exact) mass is 178 g/mol. The lowest BCUT2D eigenvalue weighted by molar-refractivity contribution is 0.141. The minimum Gasteiger partial charge on any atom is -0.365 e. The molecule has 0 amide bonds. The second kappa shape index (κ2) is 3.18. The quantitative estimate of drug-likeness (QED) is 0.698. The Kier molecular flexibility index (Phi) is 2.16. The second-order valence-electron chi connectivity index (χ2n) is 4.30. The molecular weight excluding hydrogens is 160 g/mol. The predicted octanol–water partition coefficient (Wildman–Crippen LogP) is 2.17. The Morgan fingerprint density at radius 2 is 2.31 bits per heavy atom. The Balaban J connectivity index is 2.22. The SMILES string of the molecule is CC(C)N1Cc2cc[nH]c2C[C@@H]1C. The van der Waals surface area contributed by atoms with E-state index in [9.17, 15) is 0 Å². The minimum atomic E-state index is 0.651. The van der Waals surface area contributed by atoms with Gasteiger partial charge in [0.15, 0.2) is 0 Å². The van der Waals surface area contributed by atoms with Crippen molar-refractivity contribution in [1.29, 1.82) is 0 Å². The molecule has 0 spiro atoms. The molecule has 1 aliphatic heterocycles. The molecule has 1 aromatic heterocycles. The normalized spacial score (nSPS) is 23.5. The van der Waals surface area contributed by atoms with Crippen LogP contribution >= 0.6 is 0 Å². The van der Waals surface area contributed by atoms with E-state index in [2.05, 4.69) is 42.9 Å². The topological polar surface area (TPSA) is 19.0 Å². The van der Waals surface area contributed by atoms with E-state index in [1.807, 2.05) is 0 Å². The van der Waals surface area contributed by atoms with Crippen LogP contribution in [0.25, 0.3) is 0 Å². The highest BCUT2D eigenvalue weighted by Gasteiger charge is 2.24.